The van der Waals surface area contributed by atoms with Gasteiger partial charge < -0.3 is 21.1 Å². The standard InChI is InChI=1S/C17H19N3O3/c21-16(19-12-14-5-2-1-3-6-14)20-15-8-4-7-13(11-15)9-10-18-17(22)23/h1-8,11,18H,9-10,12H2,(H,22,23)(H2,19,20,21). The number of hydrogen-bond donors (Lipinski definition) is 4. The van der Waals surface area contributed by atoms with Crippen LogP contribution in [0.1, 0.15) is 11.1 Å². The predicted octanol–water partition coefficient (Wildman–Crippen LogP) is 2.82. The fourth-order valence-electron chi connectivity index (χ4n) is 2.07. The number of carbonyl (C=O) groups is 2. The number of carboxylic acid groups (broad SMARTS) is 1. The van der Waals surface area contributed by atoms with Crippen LogP contribution in [0.2, 0.25) is 0 Å². The van der Waals surface area contributed by atoms with Crippen molar-refractivity contribution in [2.45, 2.75) is 13.0 Å². The Morgan fingerprint density at radius 2 is 1.65 bits per heavy atom. The molecule has 0 aromatic heterocycles. The van der Waals surface area contributed by atoms with Gasteiger partial charge in [0.2, 0.25) is 0 Å². The molecule has 2 rings (SSSR count). The van der Waals surface area contributed by atoms with Gasteiger partial charge in [0.15, 0.2) is 0 Å². The molecule has 0 aliphatic carbocycles. The van der Waals surface area contributed by atoms with Gasteiger partial charge >= 0.3 is 12.1 Å². The summed E-state index contributed by atoms with van der Waals surface area (Å²) in [6, 6.07) is 16.7. The molecule has 120 valence electrons. The van der Waals surface area contributed by atoms with Crippen molar-refractivity contribution in [3.63, 3.8) is 0 Å². The molecule has 0 saturated heterocycles. The molecule has 0 aliphatic rings. The Morgan fingerprint density at radius 1 is 0.913 bits per heavy atom. The number of anilines is 1. The van der Waals surface area contributed by atoms with Crippen molar-refractivity contribution < 1.29 is 14.7 Å². The molecule has 0 saturated carbocycles. The Balaban J connectivity index is 1.82. The average Bonchev–Trinajstić information content (AvgIpc) is 2.54. The van der Waals surface area contributed by atoms with Crippen molar-refractivity contribution in [2.75, 3.05) is 11.9 Å². The zero-order chi connectivity index (χ0) is 16.5. The van der Waals surface area contributed by atoms with Crippen LogP contribution in [0.3, 0.4) is 0 Å². The topological polar surface area (TPSA) is 90.5 Å². The summed E-state index contributed by atoms with van der Waals surface area (Å²) in [6.45, 7) is 0.786. The van der Waals surface area contributed by atoms with Gasteiger partial charge in [-0.3, -0.25) is 0 Å². The Kier molecular flexibility index (Phi) is 5.99. The fraction of sp³-hybridized carbons (Fsp3) is 0.176. The van der Waals surface area contributed by atoms with Crippen LogP contribution in [0.5, 0.6) is 0 Å². The largest absolute Gasteiger partial charge is 0.465 e. The van der Waals surface area contributed by atoms with Gasteiger partial charge in [-0.05, 0) is 29.7 Å². The Bertz CT molecular complexity index is 659. The van der Waals surface area contributed by atoms with Crippen LogP contribution in [0.25, 0.3) is 0 Å². The van der Waals surface area contributed by atoms with Gasteiger partial charge in [-0.15, -0.1) is 0 Å². The average molecular weight is 313 g/mol. The minimum Gasteiger partial charge on any atom is -0.465 e. The highest BCUT2D eigenvalue weighted by molar-refractivity contribution is 5.89. The predicted molar refractivity (Wildman–Crippen MR) is 88.5 cm³/mol. The first-order valence-corrected chi connectivity index (χ1v) is 7.28. The SMILES string of the molecule is O=C(O)NCCc1cccc(NC(=O)NCc2ccccc2)c1. The smallest absolute Gasteiger partial charge is 0.404 e. The van der Waals surface area contributed by atoms with E-state index in [1.807, 2.05) is 48.5 Å². The molecule has 2 aromatic rings. The maximum Gasteiger partial charge on any atom is 0.404 e. The molecule has 6 nitrogen and oxygen atoms in total. The minimum absolute atomic E-state index is 0.283. The number of urea groups is 1. The van der Waals surface area contributed by atoms with Crippen molar-refractivity contribution in [3.05, 3.63) is 65.7 Å². The quantitative estimate of drug-likeness (QED) is 0.661. The Labute approximate surface area is 134 Å². The molecule has 2 aromatic carbocycles. The van der Waals surface area contributed by atoms with Crippen LogP contribution in [0.4, 0.5) is 15.3 Å². The van der Waals surface area contributed by atoms with E-state index < -0.39 is 6.09 Å². The molecule has 6 heteroatoms. The third-order valence-corrected chi connectivity index (χ3v) is 3.17. The van der Waals surface area contributed by atoms with Gasteiger partial charge in [0.1, 0.15) is 0 Å². The molecule has 0 fully saturated rings. The van der Waals surface area contributed by atoms with E-state index in [-0.39, 0.29) is 6.03 Å². The molecule has 4 N–H and O–H groups in total. The van der Waals surface area contributed by atoms with Gasteiger partial charge in [-0.2, -0.15) is 0 Å². The highest BCUT2D eigenvalue weighted by atomic mass is 16.4. The molecule has 23 heavy (non-hydrogen) atoms. The number of hydrogen-bond acceptors (Lipinski definition) is 2. The summed E-state index contributed by atoms with van der Waals surface area (Å²) in [5.41, 5.74) is 2.64. The molecule has 0 unspecified atom stereocenters. The summed E-state index contributed by atoms with van der Waals surface area (Å²) in [5.74, 6) is 0. The second-order valence-electron chi connectivity index (χ2n) is 4.98. The normalized spacial score (nSPS) is 9.91. The van der Waals surface area contributed by atoms with Crippen molar-refractivity contribution >= 4 is 17.8 Å². The van der Waals surface area contributed by atoms with E-state index in [0.29, 0.717) is 25.2 Å². The van der Waals surface area contributed by atoms with Crippen LogP contribution in [-0.4, -0.2) is 23.8 Å². The lowest BCUT2D eigenvalue weighted by Gasteiger charge is -2.09. The third kappa shape index (κ3) is 6.09. The monoisotopic (exact) mass is 313 g/mol. The molecule has 0 heterocycles. The maximum atomic E-state index is 11.9. The van der Waals surface area contributed by atoms with Crippen LogP contribution < -0.4 is 16.0 Å². The fourth-order valence-corrected chi connectivity index (χ4v) is 2.07. The lowest BCUT2D eigenvalue weighted by atomic mass is 10.1. The highest BCUT2D eigenvalue weighted by Gasteiger charge is 2.03. The van der Waals surface area contributed by atoms with Crippen LogP contribution >= 0.6 is 0 Å². The lowest BCUT2D eigenvalue weighted by molar-refractivity contribution is 0.194. The van der Waals surface area contributed by atoms with Crippen molar-refractivity contribution in [1.29, 1.82) is 0 Å². The van der Waals surface area contributed by atoms with Gasteiger partial charge in [-0.25, -0.2) is 9.59 Å². The molecule has 0 spiro atoms. The number of benzene rings is 2. The molecule has 3 amide bonds. The molecule has 0 bridgehead atoms. The summed E-state index contributed by atoms with van der Waals surface area (Å²) in [4.78, 5) is 22.3. The molecule has 0 radical (unpaired) electrons. The third-order valence-electron chi connectivity index (χ3n) is 3.17. The van der Waals surface area contributed by atoms with Gasteiger partial charge in [-0.1, -0.05) is 42.5 Å². The van der Waals surface area contributed by atoms with Gasteiger partial charge in [0.05, 0.1) is 0 Å². The van der Waals surface area contributed by atoms with Crippen LogP contribution in [-0.2, 0) is 13.0 Å². The Morgan fingerprint density at radius 3 is 2.39 bits per heavy atom. The minimum atomic E-state index is -1.04. The van der Waals surface area contributed by atoms with E-state index in [2.05, 4.69) is 16.0 Å². The first kappa shape index (κ1) is 16.4. The highest BCUT2D eigenvalue weighted by Crippen LogP contribution is 2.11. The second-order valence-corrected chi connectivity index (χ2v) is 4.98. The Hall–Kier alpha value is -3.02. The second kappa shape index (κ2) is 8.43. The van der Waals surface area contributed by atoms with E-state index in [4.69, 9.17) is 5.11 Å². The number of nitrogens with one attached hydrogen (secondary N) is 3. The van der Waals surface area contributed by atoms with Crippen molar-refractivity contribution in [1.82, 2.24) is 10.6 Å². The summed E-state index contributed by atoms with van der Waals surface area (Å²) in [5, 5.41) is 16.4. The van der Waals surface area contributed by atoms with Crippen molar-refractivity contribution in [2.24, 2.45) is 0 Å². The molecular formula is C17H19N3O3. The van der Waals surface area contributed by atoms with Crippen LogP contribution in [0.15, 0.2) is 54.6 Å². The number of carbonyl (C=O) groups excluding carboxylic acids is 1. The van der Waals surface area contributed by atoms with Crippen LogP contribution in [0, 0.1) is 0 Å². The summed E-state index contributed by atoms with van der Waals surface area (Å²) in [6.07, 6.45) is -0.479. The summed E-state index contributed by atoms with van der Waals surface area (Å²) in [7, 11) is 0. The van der Waals surface area contributed by atoms with Gasteiger partial charge in [0.25, 0.3) is 0 Å². The molecule has 0 aliphatic heterocycles. The number of amides is 3. The lowest BCUT2D eigenvalue weighted by Crippen LogP contribution is -2.28. The first-order valence-electron chi connectivity index (χ1n) is 7.28. The summed E-state index contributed by atoms with van der Waals surface area (Å²) >= 11 is 0. The van der Waals surface area contributed by atoms with Crippen molar-refractivity contribution in [3.8, 4) is 0 Å². The molecular weight excluding hydrogens is 294 g/mol. The summed E-state index contributed by atoms with van der Waals surface area (Å²) < 4.78 is 0. The number of rotatable bonds is 6. The zero-order valence-electron chi connectivity index (χ0n) is 12.6. The first-order chi connectivity index (χ1) is 11.1. The van der Waals surface area contributed by atoms with Gasteiger partial charge in [0, 0.05) is 18.8 Å². The maximum absolute atomic E-state index is 11.9. The zero-order valence-corrected chi connectivity index (χ0v) is 12.6. The van der Waals surface area contributed by atoms with E-state index in [1.165, 1.54) is 0 Å². The van der Waals surface area contributed by atoms with E-state index in [9.17, 15) is 9.59 Å². The molecule has 0 atom stereocenters. The van der Waals surface area contributed by atoms with E-state index >= 15 is 0 Å². The van der Waals surface area contributed by atoms with E-state index in [1.54, 1.807) is 6.07 Å². The van der Waals surface area contributed by atoms with E-state index in [0.717, 1.165) is 11.1 Å².